The number of carbonyl (C=O) groups is 1. The lowest BCUT2D eigenvalue weighted by Gasteiger charge is -2.25. The Morgan fingerprint density at radius 3 is 2.61 bits per heavy atom. The molecule has 0 amide bonds. The second-order valence-electron chi connectivity index (χ2n) is 6.21. The average Bonchev–Trinajstić information content (AvgIpc) is 2.97. The van der Waals surface area contributed by atoms with Crippen LogP contribution in [0.1, 0.15) is 56.5 Å². The molecule has 0 bridgehead atoms. The number of hydrogen-bond donors (Lipinski definition) is 0. The number of ketones is 1. The smallest absolute Gasteiger partial charge is 0.191 e. The summed E-state index contributed by atoms with van der Waals surface area (Å²) >= 11 is 1.52. The van der Waals surface area contributed by atoms with Crippen molar-refractivity contribution in [3.8, 4) is 0 Å². The Balaban J connectivity index is 1.86. The van der Waals surface area contributed by atoms with Crippen LogP contribution in [0.15, 0.2) is 35.5 Å². The highest BCUT2D eigenvalue weighted by molar-refractivity contribution is 7.99. The second-order valence-corrected chi connectivity index (χ2v) is 7.16. The van der Waals surface area contributed by atoms with Crippen LogP contribution in [0.25, 0.3) is 0 Å². The van der Waals surface area contributed by atoms with Crippen LogP contribution >= 0.6 is 11.8 Å². The SMILES string of the molecule is CC(=O)CSc1nnc(Cc2ccccc2)n1C1CCCCC1. The number of nitrogens with zero attached hydrogens (tertiary/aromatic N) is 3. The lowest BCUT2D eigenvalue weighted by Crippen LogP contribution is -2.17. The molecule has 1 aromatic heterocycles. The summed E-state index contributed by atoms with van der Waals surface area (Å²) in [6.45, 7) is 1.62. The fraction of sp³-hybridized carbons (Fsp3) is 0.500. The molecule has 1 aliphatic rings. The van der Waals surface area contributed by atoms with Gasteiger partial charge in [-0.25, -0.2) is 0 Å². The van der Waals surface area contributed by atoms with Gasteiger partial charge >= 0.3 is 0 Å². The molecule has 1 aliphatic carbocycles. The minimum Gasteiger partial charge on any atom is -0.303 e. The van der Waals surface area contributed by atoms with Crippen LogP contribution in [-0.4, -0.2) is 26.3 Å². The first-order chi connectivity index (χ1) is 11.2. The molecular formula is C18H23N3OS. The fourth-order valence-electron chi connectivity index (χ4n) is 3.18. The Hall–Kier alpha value is -1.62. The average molecular weight is 329 g/mol. The normalized spacial score (nSPS) is 15.7. The summed E-state index contributed by atoms with van der Waals surface area (Å²) in [5.74, 6) is 1.67. The Kier molecular flexibility index (Phi) is 5.49. The quantitative estimate of drug-likeness (QED) is 0.750. The first-order valence-electron chi connectivity index (χ1n) is 8.34. The lowest BCUT2D eigenvalue weighted by atomic mass is 9.95. The van der Waals surface area contributed by atoms with Crippen molar-refractivity contribution >= 4 is 17.5 Å². The molecular weight excluding hydrogens is 306 g/mol. The van der Waals surface area contributed by atoms with Crippen LogP contribution in [0.4, 0.5) is 0 Å². The number of carbonyl (C=O) groups excluding carboxylic acids is 1. The van der Waals surface area contributed by atoms with Crippen molar-refractivity contribution in [2.24, 2.45) is 0 Å². The van der Waals surface area contributed by atoms with Crippen LogP contribution in [0.5, 0.6) is 0 Å². The molecule has 0 unspecified atom stereocenters. The summed E-state index contributed by atoms with van der Waals surface area (Å²) in [4.78, 5) is 11.3. The van der Waals surface area contributed by atoms with Crippen molar-refractivity contribution in [1.29, 1.82) is 0 Å². The molecule has 0 saturated heterocycles. The molecule has 23 heavy (non-hydrogen) atoms. The zero-order valence-corrected chi connectivity index (χ0v) is 14.4. The van der Waals surface area contributed by atoms with Crippen molar-refractivity contribution in [2.45, 2.75) is 56.6 Å². The van der Waals surface area contributed by atoms with Gasteiger partial charge in [-0.05, 0) is 25.3 Å². The van der Waals surface area contributed by atoms with Crippen molar-refractivity contribution in [1.82, 2.24) is 14.8 Å². The third kappa shape index (κ3) is 4.22. The molecule has 4 nitrogen and oxygen atoms in total. The molecule has 1 fully saturated rings. The standard InChI is InChI=1S/C18H23N3OS/c1-14(22)13-23-18-20-19-17(12-15-8-4-2-5-9-15)21(18)16-10-6-3-7-11-16/h2,4-5,8-9,16H,3,6-7,10-13H2,1H3. The van der Waals surface area contributed by atoms with Gasteiger partial charge < -0.3 is 4.57 Å². The van der Waals surface area contributed by atoms with Gasteiger partial charge in [0.2, 0.25) is 0 Å². The van der Waals surface area contributed by atoms with Gasteiger partial charge in [-0.2, -0.15) is 0 Å². The van der Waals surface area contributed by atoms with E-state index in [1.54, 1.807) is 6.92 Å². The summed E-state index contributed by atoms with van der Waals surface area (Å²) in [5, 5.41) is 9.73. The van der Waals surface area contributed by atoms with Gasteiger partial charge in [0.05, 0.1) is 5.75 Å². The molecule has 3 rings (SSSR count). The summed E-state index contributed by atoms with van der Waals surface area (Å²) in [5.41, 5.74) is 1.25. The summed E-state index contributed by atoms with van der Waals surface area (Å²) in [6.07, 6.45) is 7.03. The zero-order valence-electron chi connectivity index (χ0n) is 13.6. The van der Waals surface area contributed by atoms with Gasteiger partial charge in [-0.15, -0.1) is 10.2 Å². The maximum atomic E-state index is 11.3. The number of aromatic nitrogens is 3. The molecule has 1 aromatic carbocycles. The maximum Gasteiger partial charge on any atom is 0.191 e. The van der Waals surface area contributed by atoms with Crippen molar-refractivity contribution < 1.29 is 4.79 Å². The minimum atomic E-state index is 0.179. The highest BCUT2D eigenvalue weighted by Crippen LogP contribution is 2.33. The Bertz CT molecular complexity index is 648. The topological polar surface area (TPSA) is 47.8 Å². The van der Waals surface area contributed by atoms with Gasteiger partial charge in [0.1, 0.15) is 11.6 Å². The van der Waals surface area contributed by atoms with E-state index >= 15 is 0 Å². The fourth-order valence-corrected chi connectivity index (χ4v) is 4.00. The van der Waals surface area contributed by atoms with E-state index in [-0.39, 0.29) is 5.78 Å². The molecule has 0 radical (unpaired) electrons. The van der Waals surface area contributed by atoms with Gasteiger partial charge in [0, 0.05) is 12.5 Å². The van der Waals surface area contributed by atoms with Crippen molar-refractivity contribution in [2.75, 3.05) is 5.75 Å². The highest BCUT2D eigenvalue weighted by atomic mass is 32.2. The van der Waals surface area contributed by atoms with Crippen molar-refractivity contribution in [3.05, 3.63) is 41.7 Å². The third-order valence-corrected chi connectivity index (χ3v) is 5.37. The van der Waals surface area contributed by atoms with E-state index in [1.165, 1.54) is 49.4 Å². The molecule has 0 N–H and O–H groups in total. The number of benzene rings is 1. The molecule has 0 atom stereocenters. The summed E-state index contributed by atoms with van der Waals surface area (Å²) in [6, 6.07) is 10.9. The van der Waals surface area contributed by atoms with Crippen LogP contribution < -0.4 is 0 Å². The van der Waals surface area contributed by atoms with Crippen molar-refractivity contribution in [3.63, 3.8) is 0 Å². The zero-order chi connectivity index (χ0) is 16.1. The molecule has 0 spiro atoms. The highest BCUT2D eigenvalue weighted by Gasteiger charge is 2.23. The van der Waals surface area contributed by atoms with Gasteiger partial charge in [-0.3, -0.25) is 4.79 Å². The van der Waals surface area contributed by atoms with Gasteiger partial charge in [-0.1, -0.05) is 61.4 Å². The van der Waals surface area contributed by atoms with Crippen LogP contribution in [-0.2, 0) is 11.2 Å². The van der Waals surface area contributed by atoms with E-state index in [1.807, 2.05) is 6.07 Å². The van der Waals surface area contributed by atoms with Crippen LogP contribution in [0.3, 0.4) is 0 Å². The second kappa shape index (κ2) is 7.77. The predicted molar refractivity (Wildman–Crippen MR) is 92.8 cm³/mol. The Morgan fingerprint density at radius 2 is 1.91 bits per heavy atom. The minimum absolute atomic E-state index is 0.179. The number of Topliss-reactive ketones (excluding diaryl/α,β-unsaturated/α-hetero) is 1. The molecule has 5 heteroatoms. The predicted octanol–water partition coefficient (Wildman–Crippen LogP) is 4.06. The summed E-state index contributed by atoms with van der Waals surface area (Å²) < 4.78 is 2.31. The van der Waals surface area contributed by atoms with E-state index in [2.05, 4.69) is 39.0 Å². The number of rotatable bonds is 6. The number of hydrogen-bond acceptors (Lipinski definition) is 4. The lowest BCUT2D eigenvalue weighted by molar-refractivity contribution is -0.114. The molecule has 2 aromatic rings. The molecule has 122 valence electrons. The van der Waals surface area contributed by atoms with Crippen LogP contribution in [0.2, 0.25) is 0 Å². The number of thioether (sulfide) groups is 1. The largest absolute Gasteiger partial charge is 0.303 e. The molecule has 1 heterocycles. The third-order valence-electron chi connectivity index (χ3n) is 4.28. The first kappa shape index (κ1) is 16.2. The molecule has 0 aliphatic heterocycles. The van der Waals surface area contributed by atoms with E-state index in [9.17, 15) is 4.79 Å². The van der Waals surface area contributed by atoms with Gasteiger partial charge in [0.15, 0.2) is 5.16 Å². The first-order valence-corrected chi connectivity index (χ1v) is 9.32. The maximum absolute atomic E-state index is 11.3. The monoisotopic (exact) mass is 329 g/mol. The van der Waals surface area contributed by atoms with Gasteiger partial charge in [0.25, 0.3) is 0 Å². The Morgan fingerprint density at radius 1 is 1.17 bits per heavy atom. The van der Waals surface area contributed by atoms with E-state index < -0.39 is 0 Å². The van der Waals surface area contributed by atoms with E-state index in [0.717, 1.165) is 17.4 Å². The summed E-state index contributed by atoms with van der Waals surface area (Å²) in [7, 11) is 0. The molecule has 1 saturated carbocycles. The van der Waals surface area contributed by atoms with E-state index in [4.69, 9.17) is 0 Å². The van der Waals surface area contributed by atoms with E-state index in [0.29, 0.717) is 11.8 Å². The Labute approximate surface area is 141 Å². The van der Waals surface area contributed by atoms with Crippen LogP contribution in [0, 0.1) is 0 Å².